The second-order valence-corrected chi connectivity index (χ2v) is 9.83. The first-order valence-electron chi connectivity index (χ1n) is 7.49. The summed E-state index contributed by atoms with van der Waals surface area (Å²) in [5.41, 5.74) is -0.0269. The standard InChI is InChI=1S/C15H29NO2S/c1-13(2,3)19(17)16-12-14(4,5)11-18-15(12)9-7-6-8-10-15/h12,16H,6-11H2,1-5H3/t12-,19+/m0/s1. The average Bonchev–Trinajstić information content (AvgIpc) is 2.54. The summed E-state index contributed by atoms with van der Waals surface area (Å²) >= 11 is 0. The highest BCUT2D eigenvalue weighted by atomic mass is 32.2. The van der Waals surface area contributed by atoms with Crippen molar-refractivity contribution in [1.82, 2.24) is 4.72 Å². The molecule has 19 heavy (non-hydrogen) atoms. The minimum atomic E-state index is -1.03. The van der Waals surface area contributed by atoms with E-state index in [9.17, 15) is 4.21 Å². The Morgan fingerprint density at radius 2 is 1.74 bits per heavy atom. The molecule has 3 nitrogen and oxygen atoms in total. The molecule has 1 saturated heterocycles. The Balaban J connectivity index is 2.19. The Labute approximate surface area is 120 Å². The molecule has 112 valence electrons. The van der Waals surface area contributed by atoms with Crippen molar-refractivity contribution in [1.29, 1.82) is 0 Å². The van der Waals surface area contributed by atoms with Gasteiger partial charge in [-0.3, -0.25) is 0 Å². The molecular weight excluding hydrogens is 258 g/mol. The van der Waals surface area contributed by atoms with Crippen molar-refractivity contribution >= 4 is 11.0 Å². The zero-order chi connectivity index (χ0) is 14.3. The monoisotopic (exact) mass is 287 g/mol. The maximum absolute atomic E-state index is 12.5. The zero-order valence-corrected chi connectivity index (χ0v) is 13.9. The number of hydrogen-bond donors (Lipinski definition) is 1. The second-order valence-electron chi connectivity index (χ2n) is 7.83. The summed E-state index contributed by atoms with van der Waals surface area (Å²) in [7, 11) is -1.03. The van der Waals surface area contributed by atoms with Gasteiger partial charge in [0.2, 0.25) is 0 Å². The Hall–Kier alpha value is 0.0700. The fourth-order valence-electron chi connectivity index (χ4n) is 3.34. The molecule has 1 aliphatic heterocycles. The van der Waals surface area contributed by atoms with Gasteiger partial charge in [-0.2, -0.15) is 0 Å². The predicted octanol–water partition coefficient (Wildman–Crippen LogP) is 3.17. The number of rotatable bonds is 2. The summed E-state index contributed by atoms with van der Waals surface area (Å²) in [6.45, 7) is 11.3. The van der Waals surface area contributed by atoms with Crippen LogP contribution in [0, 0.1) is 5.41 Å². The fraction of sp³-hybridized carbons (Fsp3) is 1.00. The van der Waals surface area contributed by atoms with Gasteiger partial charge in [-0.25, -0.2) is 8.93 Å². The Bertz CT molecular complexity index is 354. The quantitative estimate of drug-likeness (QED) is 0.847. The molecule has 0 aromatic carbocycles. The molecule has 2 atom stereocenters. The van der Waals surface area contributed by atoms with Gasteiger partial charge >= 0.3 is 0 Å². The highest BCUT2D eigenvalue weighted by molar-refractivity contribution is 7.84. The average molecular weight is 287 g/mol. The minimum absolute atomic E-state index is 0.0538. The molecule has 0 bridgehead atoms. The van der Waals surface area contributed by atoms with Gasteiger partial charge in [0.1, 0.15) is 0 Å². The second kappa shape index (κ2) is 5.12. The van der Waals surface area contributed by atoms with Gasteiger partial charge < -0.3 is 4.74 Å². The number of nitrogens with one attached hydrogen (secondary N) is 1. The van der Waals surface area contributed by atoms with E-state index in [1.54, 1.807) is 0 Å². The van der Waals surface area contributed by atoms with Crippen molar-refractivity contribution in [3.63, 3.8) is 0 Å². The van der Waals surface area contributed by atoms with Gasteiger partial charge in [0.25, 0.3) is 0 Å². The van der Waals surface area contributed by atoms with Crippen LogP contribution in [0.25, 0.3) is 0 Å². The molecular formula is C15H29NO2S. The van der Waals surface area contributed by atoms with E-state index in [1.807, 2.05) is 20.8 Å². The van der Waals surface area contributed by atoms with Crippen molar-refractivity contribution in [3.05, 3.63) is 0 Å². The third-order valence-corrected chi connectivity index (χ3v) is 6.08. The molecule has 1 aliphatic carbocycles. The first-order chi connectivity index (χ1) is 8.67. The Kier molecular flexibility index (Phi) is 4.17. The highest BCUT2D eigenvalue weighted by Crippen LogP contribution is 2.47. The number of ether oxygens (including phenoxy) is 1. The van der Waals surface area contributed by atoms with Gasteiger partial charge in [-0.15, -0.1) is 0 Å². The van der Waals surface area contributed by atoms with E-state index in [0.29, 0.717) is 0 Å². The molecule has 0 aromatic rings. The largest absolute Gasteiger partial charge is 0.373 e. The molecule has 0 unspecified atom stereocenters. The molecule has 0 radical (unpaired) electrons. The first-order valence-corrected chi connectivity index (χ1v) is 8.64. The Morgan fingerprint density at radius 1 is 1.16 bits per heavy atom. The van der Waals surface area contributed by atoms with E-state index >= 15 is 0 Å². The molecule has 4 heteroatoms. The van der Waals surface area contributed by atoms with Crippen molar-refractivity contribution in [2.24, 2.45) is 5.41 Å². The lowest BCUT2D eigenvalue weighted by molar-refractivity contribution is -0.0352. The molecule has 1 heterocycles. The SMILES string of the molecule is CC1(C)COC2(CCCCC2)[C@H]1N[S@](=O)C(C)(C)C. The minimum Gasteiger partial charge on any atom is -0.373 e. The van der Waals surface area contributed by atoms with Crippen LogP contribution in [-0.4, -0.2) is 27.2 Å². The molecule has 0 aromatic heterocycles. The summed E-state index contributed by atoms with van der Waals surface area (Å²) in [6, 6.07) is 0.195. The molecule has 1 spiro atoms. The third kappa shape index (κ3) is 3.06. The maximum Gasteiger partial charge on any atom is 0.0973 e. The molecule has 2 fully saturated rings. The molecule has 0 amide bonds. The smallest absolute Gasteiger partial charge is 0.0973 e. The van der Waals surface area contributed by atoms with Crippen LogP contribution >= 0.6 is 0 Å². The van der Waals surface area contributed by atoms with E-state index in [0.717, 1.165) is 19.4 Å². The normalized spacial score (nSPS) is 31.5. The first kappa shape index (κ1) is 15.5. The summed E-state index contributed by atoms with van der Waals surface area (Å²) in [5.74, 6) is 0. The van der Waals surface area contributed by atoms with Crippen LogP contribution in [0.1, 0.15) is 66.7 Å². The van der Waals surface area contributed by atoms with Crippen molar-refractivity contribution in [2.75, 3.05) is 6.61 Å². The number of hydrogen-bond acceptors (Lipinski definition) is 2. The van der Waals surface area contributed by atoms with Crippen LogP contribution in [0.15, 0.2) is 0 Å². The highest BCUT2D eigenvalue weighted by Gasteiger charge is 2.54. The Morgan fingerprint density at radius 3 is 2.26 bits per heavy atom. The van der Waals surface area contributed by atoms with Crippen LogP contribution < -0.4 is 4.72 Å². The summed E-state index contributed by atoms with van der Waals surface area (Å²) in [6.07, 6.45) is 5.98. The zero-order valence-electron chi connectivity index (χ0n) is 13.0. The van der Waals surface area contributed by atoms with Crippen LogP contribution in [0.4, 0.5) is 0 Å². The van der Waals surface area contributed by atoms with E-state index in [-0.39, 0.29) is 21.8 Å². The van der Waals surface area contributed by atoms with Crippen molar-refractivity contribution < 1.29 is 8.95 Å². The lowest BCUT2D eigenvalue weighted by Gasteiger charge is -2.41. The van der Waals surface area contributed by atoms with E-state index in [4.69, 9.17) is 4.74 Å². The van der Waals surface area contributed by atoms with E-state index in [2.05, 4.69) is 18.6 Å². The van der Waals surface area contributed by atoms with Gasteiger partial charge in [0, 0.05) is 5.41 Å². The van der Waals surface area contributed by atoms with Crippen LogP contribution in [0.2, 0.25) is 0 Å². The van der Waals surface area contributed by atoms with E-state index in [1.165, 1.54) is 19.3 Å². The summed E-state index contributed by atoms with van der Waals surface area (Å²) < 4.78 is 21.9. The summed E-state index contributed by atoms with van der Waals surface area (Å²) in [5, 5.41) is 0. The maximum atomic E-state index is 12.5. The van der Waals surface area contributed by atoms with Gasteiger partial charge in [0.05, 0.1) is 34.0 Å². The fourth-order valence-corrected chi connectivity index (χ4v) is 4.44. The van der Waals surface area contributed by atoms with Gasteiger partial charge in [-0.1, -0.05) is 33.1 Å². The van der Waals surface area contributed by atoms with Crippen LogP contribution in [-0.2, 0) is 15.7 Å². The van der Waals surface area contributed by atoms with Crippen LogP contribution in [0.3, 0.4) is 0 Å². The lowest BCUT2D eigenvalue weighted by Crippen LogP contribution is -2.56. The van der Waals surface area contributed by atoms with Gasteiger partial charge in [0.15, 0.2) is 0 Å². The third-order valence-electron chi connectivity index (χ3n) is 4.52. The molecule has 2 aliphatic rings. The van der Waals surface area contributed by atoms with Crippen molar-refractivity contribution in [2.45, 2.75) is 83.1 Å². The van der Waals surface area contributed by atoms with E-state index < -0.39 is 11.0 Å². The molecule has 2 rings (SSSR count). The molecule has 1 N–H and O–H groups in total. The molecule has 1 saturated carbocycles. The topological polar surface area (TPSA) is 38.3 Å². The van der Waals surface area contributed by atoms with Crippen LogP contribution in [0.5, 0.6) is 0 Å². The van der Waals surface area contributed by atoms with Gasteiger partial charge in [-0.05, 0) is 33.6 Å². The lowest BCUT2D eigenvalue weighted by atomic mass is 9.72. The predicted molar refractivity (Wildman–Crippen MR) is 80.4 cm³/mol. The summed E-state index contributed by atoms with van der Waals surface area (Å²) in [4.78, 5) is 0. The van der Waals surface area contributed by atoms with Crippen molar-refractivity contribution in [3.8, 4) is 0 Å².